The molecule has 2 rings (SSSR count). The smallest absolute Gasteiger partial charge is 0.238 e. The van der Waals surface area contributed by atoms with Gasteiger partial charge in [0.2, 0.25) is 21.9 Å². The lowest BCUT2D eigenvalue weighted by molar-refractivity contribution is 0.111. The van der Waals surface area contributed by atoms with Gasteiger partial charge in [-0.3, -0.25) is 4.79 Å². The van der Waals surface area contributed by atoms with Crippen molar-refractivity contribution in [3.05, 3.63) is 29.8 Å². The molecule has 0 fully saturated rings. The van der Waals surface area contributed by atoms with E-state index in [4.69, 9.17) is 15.6 Å². The molecule has 0 radical (unpaired) electrons. The zero-order chi connectivity index (χ0) is 18.6. The lowest BCUT2D eigenvalue weighted by Gasteiger charge is -2.15. The number of aromatic nitrogens is 2. The molecule has 10 heteroatoms. The Balaban J connectivity index is 2.31. The number of anilines is 3. The third-order valence-corrected chi connectivity index (χ3v) is 4.31. The van der Waals surface area contributed by atoms with Crippen molar-refractivity contribution in [3.8, 4) is 5.88 Å². The molecule has 1 unspecified atom stereocenters. The average Bonchev–Trinajstić information content (AvgIpc) is 2.54. The predicted molar refractivity (Wildman–Crippen MR) is 93.3 cm³/mol. The van der Waals surface area contributed by atoms with E-state index in [2.05, 4.69) is 15.3 Å². The molecule has 0 aliphatic heterocycles. The summed E-state index contributed by atoms with van der Waals surface area (Å²) < 4.78 is 28.1. The number of rotatable bonds is 7. The topological polar surface area (TPSA) is 150 Å². The van der Waals surface area contributed by atoms with E-state index in [1.54, 1.807) is 0 Å². The molecule has 2 aromatic rings. The van der Waals surface area contributed by atoms with Gasteiger partial charge in [0.25, 0.3) is 0 Å². The Bertz CT molecular complexity index is 868. The van der Waals surface area contributed by atoms with Gasteiger partial charge in [0.1, 0.15) is 11.4 Å². The fraction of sp³-hybridized carbons (Fsp3) is 0.267. The van der Waals surface area contributed by atoms with Crippen LogP contribution in [0.4, 0.5) is 17.5 Å². The number of ether oxygens (including phenoxy) is 1. The van der Waals surface area contributed by atoms with Gasteiger partial charge in [-0.05, 0) is 37.6 Å². The van der Waals surface area contributed by atoms with Gasteiger partial charge in [-0.2, -0.15) is 9.97 Å². The van der Waals surface area contributed by atoms with Crippen molar-refractivity contribution in [2.24, 2.45) is 5.14 Å². The van der Waals surface area contributed by atoms with Crippen LogP contribution in [0.1, 0.15) is 30.6 Å². The van der Waals surface area contributed by atoms with Gasteiger partial charge in [-0.15, -0.1) is 0 Å². The van der Waals surface area contributed by atoms with Crippen molar-refractivity contribution in [3.63, 3.8) is 0 Å². The van der Waals surface area contributed by atoms with E-state index in [0.717, 1.165) is 6.42 Å². The van der Waals surface area contributed by atoms with Crippen molar-refractivity contribution in [2.75, 3.05) is 11.1 Å². The van der Waals surface area contributed by atoms with Crippen LogP contribution in [-0.4, -0.2) is 30.8 Å². The van der Waals surface area contributed by atoms with Crippen LogP contribution in [-0.2, 0) is 10.0 Å². The van der Waals surface area contributed by atoms with E-state index in [1.165, 1.54) is 24.3 Å². The summed E-state index contributed by atoms with van der Waals surface area (Å²) in [5.74, 6) is 0.178. The number of primary sulfonamides is 1. The summed E-state index contributed by atoms with van der Waals surface area (Å²) in [5.41, 5.74) is 6.38. The standard InChI is InChI=1S/C15H19N5O4S/c1-3-9(2)24-14-12(8-21)13(16)19-15(20-14)18-10-4-6-11(7-5-10)25(17,22)23/h4-9H,3H2,1-2H3,(H2,17,22,23)(H3,16,18,19,20). The number of sulfonamides is 1. The largest absolute Gasteiger partial charge is 0.474 e. The molecule has 1 heterocycles. The number of nitrogens with two attached hydrogens (primary N) is 2. The number of hydrogen-bond donors (Lipinski definition) is 3. The summed E-state index contributed by atoms with van der Waals surface area (Å²) in [6, 6.07) is 5.69. The molecule has 25 heavy (non-hydrogen) atoms. The number of nitrogens with one attached hydrogen (secondary N) is 1. The molecule has 5 N–H and O–H groups in total. The molecular weight excluding hydrogens is 346 g/mol. The van der Waals surface area contributed by atoms with Crippen LogP contribution in [0.25, 0.3) is 0 Å². The maximum Gasteiger partial charge on any atom is 0.238 e. The van der Waals surface area contributed by atoms with E-state index in [1.807, 2.05) is 13.8 Å². The van der Waals surface area contributed by atoms with Crippen LogP contribution in [0.5, 0.6) is 5.88 Å². The van der Waals surface area contributed by atoms with Gasteiger partial charge >= 0.3 is 0 Å². The average molecular weight is 365 g/mol. The van der Waals surface area contributed by atoms with Crippen molar-refractivity contribution in [1.82, 2.24) is 9.97 Å². The Hall–Kier alpha value is -2.72. The van der Waals surface area contributed by atoms with Gasteiger partial charge in [0.15, 0.2) is 6.29 Å². The molecule has 1 aromatic heterocycles. The summed E-state index contributed by atoms with van der Waals surface area (Å²) in [4.78, 5) is 19.3. The van der Waals surface area contributed by atoms with E-state index in [9.17, 15) is 13.2 Å². The maximum absolute atomic E-state index is 11.3. The molecule has 134 valence electrons. The van der Waals surface area contributed by atoms with Gasteiger partial charge in [0.05, 0.1) is 11.0 Å². The molecule has 0 aliphatic carbocycles. The van der Waals surface area contributed by atoms with Gasteiger partial charge in [-0.25, -0.2) is 13.6 Å². The van der Waals surface area contributed by atoms with Crippen LogP contribution in [0.15, 0.2) is 29.2 Å². The minimum Gasteiger partial charge on any atom is -0.474 e. The Morgan fingerprint density at radius 2 is 1.92 bits per heavy atom. The first-order chi connectivity index (χ1) is 11.7. The number of carbonyl (C=O) groups is 1. The van der Waals surface area contributed by atoms with Crippen LogP contribution >= 0.6 is 0 Å². The highest BCUT2D eigenvalue weighted by molar-refractivity contribution is 7.89. The van der Waals surface area contributed by atoms with E-state index in [-0.39, 0.29) is 34.2 Å². The van der Waals surface area contributed by atoms with Crippen molar-refractivity contribution in [1.29, 1.82) is 0 Å². The SMILES string of the molecule is CCC(C)Oc1nc(Nc2ccc(S(N)(=O)=O)cc2)nc(N)c1C=O. The molecule has 0 saturated heterocycles. The summed E-state index contributed by atoms with van der Waals surface area (Å²) >= 11 is 0. The van der Waals surface area contributed by atoms with Crippen LogP contribution in [0.2, 0.25) is 0 Å². The number of carbonyl (C=O) groups excluding carboxylic acids is 1. The van der Waals surface area contributed by atoms with Crippen LogP contribution in [0, 0.1) is 0 Å². The minimum atomic E-state index is -3.77. The Labute approximate surface area is 145 Å². The quantitative estimate of drug-likeness (QED) is 0.624. The first-order valence-corrected chi connectivity index (χ1v) is 8.98. The predicted octanol–water partition coefficient (Wildman–Crippen LogP) is 1.44. The van der Waals surface area contributed by atoms with Crippen LogP contribution < -0.4 is 20.9 Å². The zero-order valence-corrected chi connectivity index (χ0v) is 14.6. The molecule has 1 aromatic carbocycles. The number of nitrogen functional groups attached to an aromatic ring is 1. The molecule has 9 nitrogen and oxygen atoms in total. The summed E-state index contributed by atoms with van der Waals surface area (Å²) in [6.07, 6.45) is 1.10. The molecular formula is C15H19N5O4S. The van der Waals surface area contributed by atoms with Crippen molar-refractivity contribution < 1.29 is 17.9 Å². The second-order valence-electron chi connectivity index (χ2n) is 5.30. The summed E-state index contributed by atoms with van der Waals surface area (Å²) in [5, 5.41) is 7.92. The highest BCUT2D eigenvalue weighted by Gasteiger charge is 2.16. The maximum atomic E-state index is 11.3. The second-order valence-corrected chi connectivity index (χ2v) is 6.86. The Kier molecular flexibility index (Phi) is 5.55. The molecule has 0 spiro atoms. The highest BCUT2D eigenvalue weighted by atomic mass is 32.2. The fourth-order valence-corrected chi connectivity index (χ4v) is 2.37. The van der Waals surface area contributed by atoms with Crippen molar-refractivity contribution in [2.45, 2.75) is 31.3 Å². The van der Waals surface area contributed by atoms with Gasteiger partial charge < -0.3 is 15.8 Å². The molecule has 0 aliphatic rings. The fourth-order valence-electron chi connectivity index (χ4n) is 1.85. The van der Waals surface area contributed by atoms with Gasteiger partial charge in [0, 0.05) is 5.69 Å². The Morgan fingerprint density at radius 1 is 1.28 bits per heavy atom. The Morgan fingerprint density at radius 3 is 2.44 bits per heavy atom. The highest BCUT2D eigenvalue weighted by Crippen LogP contribution is 2.24. The molecule has 0 bridgehead atoms. The molecule has 0 saturated carbocycles. The third kappa shape index (κ3) is 4.64. The lowest BCUT2D eigenvalue weighted by Crippen LogP contribution is -2.15. The van der Waals surface area contributed by atoms with Crippen LogP contribution in [0.3, 0.4) is 0 Å². The third-order valence-electron chi connectivity index (χ3n) is 3.38. The zero-order valence-electron chi connectivity index (χ0n) is 13.8. The second kappa shape index (κ2) is 7.45. The number of nitrogens with zero attached hydrogens (tertiary/aromatic N) is 2. The van der Waals surface area contributed by atoms with E-state index < -0.39 is 10.0 Å². The summed E-state index contributed by atoms with van der Waals surface area (Å²) in [7, 11) is -3.77. The lowest BCUT2D eigenvalue weighted by atomic mass is 10.3. The number of hydrogen-bond acceptors (Lipinski definition) is 8. The van der Waals surface area contributed by atoms with Crippen molar-refractivity contribution >= 4 is 33.8 Å². The molecule has 0 amide bonds. The van der Waals surface area contributed by atoms with Gasteiger partial charge in [-0.1, -0.05) is 6.92 Å². The molecule has 1 atom stereocenters. The first-order valence-electron chi connectivity index (χ1n) is 7.43. The monoisotopic (exact) mass is 365 g/mol. The first kappa shape index (κ1) is 18.6. The minimum absolute atomic E-state index is 0.0180. The van der Waals surface area contributed by atoms with E-state index >= 15 is 0 Å². The summed E-state index contributed by atoms with van der Waals surface area (Å²) in [6.45, 7) is 3.77. The van der Waals surface area contributed by atoms with E-state index in [0.29, 0.717) is 12.0 Å². The number of benzene rings is 1. The normalized spacial score (nSPS) is 12.4. The number of aldehydes is 1.